The van der Waals surface area contributed by atoms with Gasteiger partial charge in [0.25, 0.3) is 5.88 Å². The fraction of sp³-hybridized carbons (Fsp3) is 0.318. The second kappa shape index (κ2) is 8.61. The zero-order valence-corrected chi connectivity index (χ0v) is 16.6. The molecule has 0 saturated carbocycles. The van der Waals surface area contributed by atoms with Crippen LogP contribution >= 0.6 is 0 Å². The van der Waals surface area contributed by atoms with Gasteiger partial charge in [0.15, 0.2) is 5.82 Å². The summed E-state index contributed by atoms with van der Waals surface area (Å²) < 4.78 is 32.7. The Morgan fingerprint density at radius 1 is 1.20 bits per heavy atom. The Labute approximate surface area is 172 Å². The minimum atomic E-state index is -0.796. The lowest BCUT2D eigenvalue weighted by atomic mass is 9.97. The predicted octanol–water partition coefficient (Wildman–Crippen LogP) is 4.16. The van der Waals surface area contributed by atoms with E-state index in [1.54, 1.807) is 0 Å². The van der Waals surface area contributed by atoms with Crippen molar-refractivity contribution in [3.05, 3.63) is 54.1 Å². The van der Waals surface area contributed by atoms with Gasteiger partial charge in [-0.05, 0) is 44.0 Å². The second-order valence-corrected chi connectivity index (χ2v) is 7.17. The quantitative estimate of drug-likeness (QED) is 0.682. The van der Waals surface area contributed by atoms with Gasteiger partial charge < -0.3 is 15.0 Å². The van der Waals surface area contributed by atoms with Gasteiger partial charge in [-0.2, -0.15) is 0 Å². The molecule has 2 heterocycles. The van der Waals surface area contributed by atoms with Crippen LogP contribution in [0.25, 0.3) is 11.0 Å². The first kappa shape index (κ1) is 20.0. The Morgan fingerprint density at radius 3 is 2.70 bits per heavy atom. The monoisotopic (exact) mass is 412 g/mol. The molecule has 2 aromatic carbocycles. The summed E-state index contributed by atoms with van der Waals surface area (Å²) in [5.74, 6) is -1.13. The van der Waals surface area contributed by atoms with Crippen molar-refractivity contribution in [2.75, 3.05) is 29.9 Å². The highest BCUT2D eigenvalue weighted by atomic mass is 19.1. The number of para-hydroxylation sites is 2. The number of nitrogens with zero attached hydrogens (tertiary/aromatic N) is 3. The average molecular weight is 412 g/mol. The molecule has 0 spiro atoms. The molecule has 0 aliphatic carbocycles. The summed E-state index contributed by atoms with van der Waals surface area (Å²) in [5, 5.41) is 2.57. The number of hydrogen-bond donors (Lipinski definition) is 1. The Morgan fingerprint density at radius 2 is 1.97 bits per heavy atom. The van der Waals surface area contributed by atoms with Crippen molar-refractivity contribution in [3.63, 3.8) is 0 Å². The molecule has 1 fully saturated rings. The summed E-state index contributed by atoms with van der Waals surface area (Å²) in [6.07, 6.45) is 1.43. The van der Waals surface area contributed by atoms with Crippen LogP contribution in [0.4, 0.5) is 20.3 Å². The van der Waals surface area contributed by atoms with E-state index >= 15 is 0 Å². The maximum atomic E-state index is 13.9. The van der Waals surface area contributed by atoms with E-state index in [1.807, 2.05) is 36.1 Å². The minimum Gasteiger partial charge on any atom is -0.475 e. The van der Waals surface area contributed by atoms with Gasteiger partial charge in [0.2, 0.25) is 5.91 Å². The first-order chi connectivity index (χ1) is 14.5. The molecule has 0 radical (unpaired) electrons. The van der Waals surface area contributed by atoms with Crippen LogP contribution in [0, 0.1) is 17.6 Å². The molecule has 156 valence electrons. The van der Waals surface area contributed by atoms with Gasteiger partial charge in [-0.15, -0.1) is 0 Å². The highest BCUT2D eigenvalue weighted by Gasteiger charge is 2.29. The van der Waals surface area contributed by atoms with Crippen LogP contribution in [0.1, 0.15) is 19.8 Å². The summed E-state index contributed by atoms with van der Waals surface area (Å²) >= 11 is 0. The van der Waals surface area contributed by atoms with Gasteiger partial charge in [-0.1, -0.05) is 12.1 Å². The Hall–Kier alpha value is -3.29. The molecule has 1 atom stereocenters. The van der Waals surface area contributed by atoms with Crippen LogP contribution in [-0.4, -0.2) is 35.6 Å². The number of fused-ring (bicyclic) bond motifs is 1. The molecule has 6 nitrogen and oxygen atoms in total. The number of benzene rings is 2. The molecule has 30 heavy (non-hydrogen) atoms. The number of carbonyl (C=O) groups is 1. The third-order valence-electron chi connectivity index (χ3n) is 5.08. The molecule has 1 N–H and O–H groups in total. The molecule has 0 bridgehead atoms. The highest BCUT2D eigenvalue weighted by Crippen LogP contribution is 2.31. The van der Waals surface area contributed by atoms with E-state index < -0.39 is 11.6 Å². The largest absolute Gasteiger partial charge is 0.475 e. The fourth-order valence-corrected chi connectivity index (χ4v) is 3.62. The lowest BCUT2D eigenvalue weighted by molar-refractivity contribution is -0.120. The molecule has 3 aromatic rings. The molecule has 1 saturated heterocycles. The first-order valence-electron chi connectivity index (χ1n) is 9.95. The highest BCUT2D eigenvalue weighted by molar-refractivity contribution is 5.93. The van der Waals surface area contributed by atoms with E-state index in [0.29, 0.717) is 37.8 Å². The van der Waals surface area contributed by atoms with E-state index in [0.717, 1.165) is 29.6 Å². The number of amides is 1. The normalized spacial score (nSPS) is 16.5. The van der Waals surface area contributed by atoms with Crippen LogP contribution in [0.3, 0.4) is 0 Å². The van der Waals surface area contributed by atoms with Crippen LogP contribution in [0.5, 0.6) is 5.88 Å². The SMILES string of the molecule is CCOc1nc2ccccc2nc1N1CCC[C@@H](C(=O)Nc2ccc(F)cc2F)C1. The van der Waals surface area contributed by atoms with Gasteiger partial charge in [0.05, 0.1) is 29.2 Å². The summed E-state index contributed by atoms with van der Waals surface area (Å²) in [6.45, 7) is 3.44. The zero-order chi connectivity index (χ0) is 21.1. The number of rotatable bonds is 5. The van der Waals surface area contributed by atoms with E-state index in [2.05, 4.69) is 10.3 Å². The van der Waals surface area contributed by atoms with Gasteiger partial charge in [0, 0.05) is 19.2 Å². The van der Waals surface area contributed by atoms with Crippen LogP contribution in [-0.2, 0) is 4.79 Å². The Kier molecular flexibility index (Phi) is 5.74. The average Bonchev–Trinajstić information content (AvgIpc) is 2.75. The number of carbonyl (C=O) groups excluding carboxylic acids is 1. The molecule has 1 aromatic heterocycles. The number of hydrogen-bond acceptors (Lipinski definition) is 5. The van der Waals surface area contributed by atoms with Gasteiger partial charge >= 0.3 is 0 Å². The molecule has 1 aliphatic heterocycles. The predicted molar refractivity (Wildman–Crippen MR) is 111 cm³/mol. The van der Waals surface area contributed by atoms with E-state index in [-0.39, 0.29) is 17.5 Å². The molecule has 8 heteroatoms. The maximum Gasteiger partial charge on any atom is 0.258 e. The maximum absolute atomic E-state index is 13.9. The summed E-state index contributed by atoms with van der Waals surface area (Å²) in [6, 6.07) is 10.6. The summed E-state index contributed by atoms with van der Waals surface area (Å²) in [5.41, 5.74) is 1.46. The smallest absolute Gasteiger partial charge is 0.258 e. The molecule has 0 unspecified atom stereocenters. The van der Waals surface area contributed by atoms with Crippen molar-refractivity contribution in [2.45, 2.75) is 19.8 Å². The standard InChI is InChI=1S/C22H22F2N4O2/c1-2-30-22-20(25-18-7-3-4-8-19(18)27-22)28-11-5-6-14(13-28)21(29)26-17-10-9-15(23)12-16(17)24/h3-4,7-10,12,14H,2,5-6,11,13H2,1H3,(H,26,29)/t14-/m1/s1. The Bertz CT molecular complexity index is 1080. The van der Waals surface area contributed by atoms with Crippen LogP contribution in [0.2, 0.25) is 0 Å². The Balaban J connectivity index is 1.56. The zero-order valence-electron chi connectivity index (χ0n) is 16.6. The lowest BCUT2D eigenvalue weighted by Crippen LogP contribution is -2.41. The number of halogens is 2. The molecular weight excluding hydrogens is 390 g/mol. The van der Waals surface area contributed by atoms with Crippen molar-refractivity contribution in [1.82, 2.24) is 9.97 Å². The lowest BCUT2D eigenvalue weighted by Gasteiger charge is -2.33. The van der Waals surface area contributed by atoms with Gasteiger partial charge in [-0.3, -0.25) is 4.79 Å². The van der Waals surface area contributed by atoms with Crippen molar-refractivity contribution in [2.24, 2.45) is 5.92 Å². The second-order valence-electron chi connectivity index (χ2n) is 7.17. The third kappa shape index (κ3) is 4.17. The molecule has 1 aliphatic rings. The third-order valence-corrected chi connectivity index (χ3v) is 5.08. The number of anilines is 2. The van der Waals surface area contributed by atoms with E-state index in [4.69, 9.17) is 9.72 Å². The molecular formula is C22H22F2N4O2. The van der Waals surface area contributed by atoms with Crippen molar-refractivity contribution < 1.29 is 18.3 Å². The number of ether oxygens (including phenoxy) is 1. The molecule has 4 rings (SSSR count). The number of piperidine rings is 1. The summed E-state index contributed by atoms with van der Waals surface area (Å²) in [4.78, 5) is 24.0. The van der Waals surface area contributed by atoms with Crippen LogP contribution < -0.4 is 15.0 Å². The van der Waals surface area contributed by atoms with Crippen LogP contribution in [0.15, 0.2) is 42.5 Å². The first-order valence-corrected chi connectivity index (χ1v) is 9.95. The van der Waals surface area contributed by atoms with Gasteiger partial charge in [-0.25, -0.2) is 18.7 Å². The molecule has 1 amide bonds. The number of aromatic nitrogens is 2. The van der Waals surface area contributed by atoms with Crippen molar-refractivity contribution in [1.29, 1.82) is 0 Å². The van der Waals surface area contributed by atoms with E-state index in [9.17, 15) is 13.6 Å². The van der Waals surface area contributed by atoms with E-state index in [1.165, 1.54) is 6.07 Å². The van der Waals surface area contributed by atoms with Crippen molar-refractivity contribution in [3.8, 4) is 5.88 Å². The fourth-order valence-electron chi connectivity index (χ4n) is 3.62. The van der Waals surface area contributed by atoms with Crippen molar-refractivity contribution >= 4 is 28.4 Å². The number of nitrogens with one attached hydrogen (secondary N) is 1. The topological polar surface area (TPSA) is 67.4 Å². The van der Waals surface area contributed by atoms with Gasteiger partial charge in [0.1, 0.15) is 11.6 Å². The summed E-state index contributed by atoms with van der Waals surface area (Å²) in [7, 11) is 0. The minimum absolute atomic E-state index is 0.0287.